The first-order valence-corrected chi connectivity index (χ1v) is 7.06. The van der Waals surface area contributed by atoms with Crippen molar-refractivity contribution in [2.45, 2.75) is 44.6 Å². The first-order chi connectivity index (χ1) is 8.83. The average Bonchev–Trinajstić information content (AvgIpc) is 3.24. The highest BCUT2D eigenvalue weighted by Gasteiger charge is 2.27. The van der Waals surface area contributed by atoms with Crippen LogP contribution in [0.15, 0.2) is 11.1 Å². The van der Waals surface area contributed by atoms with Gasteiger partial charge < -0.3 is 14.4 Å². The summed E-state index contributed by atoms with van der Waals surface area (Å²) in [6.45, 7) is 3.10. The number of hydrogen-bond acceptors (Lipinski definition) is 3. The summed E-state index contributed by atoms with van der Waals surface area (Å²) >= 11 is 0. The molecule has 1 saturated carbocycles. The van der Waals surface area contributed by atoms with Crippen molar-refractivity contribution in [3.63, 3.8) is 0 Å². The van der Waals surface area contributed by atoms with E-state index in [1.54, 1.807) is 11.1 Å². The fourth-order valence-electron chi connectivity index (χ4n) is 2.74. The van der Waals surface area contributed by atoms with Crippen LogP contribution in [-0.2, 0) is 9.47 Å². The van der Waals surface area contributed by atoms with Crippen LogP contribution in [0.4, 0.5) is 4.79 Å². The predicted molar refractivity (Wildman–Crippen MR) is 67.4 cm³/mol. The molecule has 2 aliphatic heterocycles. The monoisotopic (exact) mass is 251 g/mol. The normalized spacial score (nSPS) is 25.2. The molecule has 0 bridgehead atoms. The van der Waals surface area contributed by atoms with Crippen molar-refractivity contribution >= 4 is 6.09 Å². The van der Waals surface area contributed by atoms with E-state index in [1.165, 1.54) is 12.8 Å². The van der Waals surface area contributed by atoms with Crippen LogP contribution in [0.25, 0.3) is 0 Å². The second-order valence-electron chi connectivity index (χ2n) is 5.39. The van der Waals surface area contributed by atoms with E-state index in [0.29, 0.717) is 13.2 Å². The largest absolute Gasteiger partial charge is 0.446 e. The summed E-state index contributed by atoms with van der Waals surface area (Å²) in [5.41, 5.74) is 3.25. The molecule has 0 N–H and O–H groups in total. The molecule has 0 radical (unpaired) electrons. The van der Waals surface area contributed by atoms with Gasteiger partial charge in [-0.3, -0.25) is 0 Å². The van der Waals surface area contributed by atoms with Crippen LogP contribution in [0.2, 0.25) is 0 Å². The second kappa shape index (κ2) is 5.31. The highest BCUT2D eigenvalue weighted by Crippen LogP contribution is 2.36. The van der Waals surface area contributed by atoms with Crippen molar-refractivity contribution in [2.75, 3.05) is 26.3 Å². The van der Waals surface area contributed by atoms with Crippen LogP contribution >= 0.6 is 0 Å². The molecular weight excluding hydrogens is 230 g/mol. The van der Waals surface area contributed by atoms with Gasteiger partial charge in [0.25, 0.3) is 0 Å². The fraction of sp³-hybridized carbons (Fsp3) is 0.786. The number of allylic oxidation sites excluding steroid dienone is 1. The molecule has 3 aliphatic rings. The minimum absolute atomic E-state index is 0.0643. The number of likely N-dealkylation sites (tertiary alicyclic amines) is 1. The van der Waals surface area contributed by atoms with Gasteiger partial charge in [0.2, 0.25) is 0 Å². The molecule has 4 nitrogen and oxygen atoms in total. The predicted octanol–water partition coefficient (Wildman–Crippen LogP) is 2.49. The van der Waals surface area contributed by atoms with Crippen LogP contribution in [0.3, 0.4) is 0 Å². The average molecular weight is 251 g/mol. The lowest BCUT2D eigenvalue weighted by molar-refractivity contribution is -0.0108. The van der Waals surface area contributed by atoms with Crippen molar-refractivity contribution in [3.05, 3.63) is 11.1 Å². The number of hydrogen-bond donors (Lipinski definition) is 0. The molecule has 0 aromatic rings. The minimum Gasteiger partial charge on any atom is -0.446 e. The number of nitrogens with zero attached hydrogens (tertiary/aromatic N) is 1. The summed E-state index contributed by atoms with van der Waals surface area (Å²) in [5, 5.41) is 0. The third-order valence-electron chi connectivity index (χ3n) is 4.06. The molecule has 18 heavy (non-hydrogen) atoms. The van der Waals surface area contributed by atoms with Crippen LogP contribution in [0.1, 0.15) is 38.5 Å². The molecule has 1 aliphatic carbocycles. The molecule has 3 rings (SSSR count). The van der Waals surface area contributed by atoms with Gasteiger partial charge in [-0.2, -0.15) is 0 Å². The summed E-state index contributed by atoms with van der Waals surface area (Å²) in [4.78, 5) is 13.9. The minimum atomic E-state index is -0.123. The number of rotatable bonds is 1. The zero-order valence-electron chi connectivity index (χ0n) is 10.8. The van der Waals surface area contributed by atoms with Gasteiger partial charge in [0.05, 0.1) is 13.2 Å². The lowest BCUT2D eigenvalue weighted by Gasteiger charge is -2.30. The molecule has 0 atom stereocenters. The highest BCUT2D eigenvalue weighted by molar-refractivity contribution is 5.68. The van der Waals surface area contributed by atoms with Crippen LogP contribution in [0.5, 0.6) is 0 Å². The molecular formula is C14H21NO3. The molecule has 4 heteroatoms. The lowest BCUT2D eigenvalue weighted by atomic mass is 10.0. The Morgan fingerprint density at radius 1 is 1.06 bits per heavy atom. The zero-order valence-corrected chi connectivity index (χ0v) is 10.8. The SMILES string of the molecule is O=C(OC1CCOCC1)N1CCC(=C2CC2)CC1. The third kappa shape index (κ3) is 2.86. The molecule has 0 unspecified atom stereocenters. The molecule has 3 fully saturated rings. The number of carbonyl (C=O) groups excluding carboxylic acids is 1. The van der Waals surface area contributed by atoms with E-state index in [9.17, 15) is 4.79 Å². The fourth-order valence-corrected chi connectivity index (χ4v) is 2.74. The first kappa shape index (κ1) is 12.0. The number of ether oxygens (including phenoxy) is 2. The van der Waals surface area contributed by atoms with E-state index in [0.717, 1.165) is 38.8 Å². The second-order valence-corrected chi connectivity index (χ2v) is 5.39. The number of amides is 1. The summed E-state index contributed by atoms with van der Waals surface area (Å²) in [6, 6.07) is 0. The Bertz CT molecular complexity index is 342. The molecule has 2 heterocycles. The van der Waals surface area contributed by atoms with E-state index in [2.05, 4.69) is 0 Å². The Morgan fingerprint density at radius 2 is 1.67 bits per heavy atom. The Morgan fingerprint density at radius 3 is 2.28 bits per heavy atom. The van der Waals surface area contributed by atoms with E-state index >= 15 is 0 Å². The van der Waals surface area contributed by atoms with Crippen molar-refractivity contribution in [1.29, 1.82) is 0 Å². The number of carbonyl (C=O) groups is 1. The van der Waals surface area contributed by atoms with Gasteiger partial charge in [-0.05, 0) is 25.7 Å². The van der Waals surface area contributed by atoms with Crippen LogP contribution in [-0.4, -0.2) is 43.4 Å². The Kier molecular flexibility index (Phi) is 3.55. The maximum Gasteiger partial charge on any atom is 0.410 e. The van der Waals surface area contributed by atoms with Crippen molar-refractivity contribution in [2.24, 2.45) is 0 Å². The first-order valence-electron chi connectivity index (χ1n) is 7.06. The Balaban J connectivity index is 1.46. The van der Waals surface area contributed by atoms with Crippen molar-refractivity contribution < 1.29 is 14.3 Å². The van der Waals surface area contributed by atoms with E-state index in [1.807, 2.05) is 4.90 Å². The standard InChI is InChI=1S/C14H21NO3/c16-14(18-13-5-9-17-10-6-13)15-7-3-12(4-8-15)11-1-2-11/h13H,1-10H2. The topological polar surface area (TPSA) is 38.8 Å². The summed E-state index contributed by atoms with van der Waals surface area (Å²) < 4.78 is 10.8. The van der Waals surface area contributed by atoms with Gasteiger partial charge in [0, 0.05) is 25.9 Å². The van der Waals surface area contributed by atoms with E-state index in [4.69, 9.17) is 9.47 Å². The van der Waals surface area contributed by atoms with Gasteiger partial charge >= 0.3 is 6.09 Å². The molecule has 0 aromatic carbocycles. The van der Waals surface area contributed by atoms with Crippen molar-refractivity contribution in [3.8, 4) is 0 Å². The van der Waals surface area contributed by atoms with Crippen LogP contribution in [0, 0.1) is 0 Å². The summed E-state index contributed by atoms with van der Waals surface area (Å²) in [7, 11) is 0. The van der Waals surface area contributed by atoms with E-state index in [-0.39, 0.29) is 12.2 Å². The molecule has 2 saturated heterocycles. The number of piperidine rings is 1. The molecule has 0 spiro atoms. The maximum atomic E-state index is 12.0. The molecule has 100 valence electrons. The lowest BCUT2D eigenvalue weighted by Crippen LogP contribution is -2.39. The van der Waals surface area contributed by atoms with Gasteiger partial charge in [-0.1, -0.05) is 11.1 Å². The van der Waals surface area contributed by atoms with Gasteiger partial charge in [0.15, 0.2) is 0 Å². The maximum absolute atomic E-state index is 12.0. The van der Waals surface area contributed by atoms with Crippen LogP contribution < -0.4 is 0 Å². The summed E-state index contributed by atoms with van der Waals surface area (Å²) in [5.74, 6) is 0. The quantitative estimate of drug-likeness (QED) is 0.672. The van der Waals surface area contributed by atoms with E-state index < -0.39 is 0 Å². The summed E-state index contributed by atoms with van der Waals surface area (Å²) in [6.07, 6.45) is 6.32. The Labute approximate surface area is 108 Å². The Hall–Kier alpha value is -1.03. The van der Waals surface area contributed by atoms with Crippen molar-refractivity contribution in [1.82, 2.24) is 4.90 Å². The van der Waals surface area contributed by atoms with Gasteiger partial charge in [0.1, 0.15) is 6.10 Å². The smallest absolute Gasteiger partial charge is 0.410 e. The third-order valence-corrected chi connectivity index (χ3v) is 4.06. The van der Waals surface area contributed by atoms with Gasteiger partial charge in [-0.25, -0.2) is 4.79 Å². The zero-order chi connectivity index (χ0) is 12.4. The molecule has 0 aromatic heterocycles. The van der Waals surface area contributed by atoms with Gasteiger partial charge in [-0.15, -0.1) is 0 Å². The highest BCUT2D eigenvalue weighted by atomic mass is 16.6. The molecule has 1 amide bonds.